The van der Waals surface area contributed by atoms with Crippen LogP contribution >= 0.6 is 0 Å². The minimum atomic E-state index is -0.888. The standard InChI is InChI=1S/C8H15NO3/c1-6(10)8(11)9-4-3-7(5-9)12-2/h6-7,10H,3-5H2,1-2H3/t6?,7-/m0/s1. The van der Waals surface area contributed by atoms with Gasteiger partial charge in [-0.25, -0.2) is 0 Å². The van der Waals surface area contributed by atoms with Crippen molar-refractivity contribution in [3.8, 4) is 0 Å². The highest BCUT2D eigenvalue weighted by atomic mass is 16.5. The van der Waals surface area contributed by atoms with E-state index < -0.39 is 6.10 Å². The Labute approximate surface area is 72.1 Å². The van der Waals surface area contributed by atoms with Crippen molar-refractivity contribution in [3.05, 3.63) is 0 Å². The molecule has 1 saturated heterocycles. The number of carbonyl (C=O) groups excluding carboxylic acids is 1. The van der Waals surface area contributed by atoms with Crippen LogP contribution in [0.15, 0.2) is 0 Å². The van der Waals surface area contributed by atoms with E-state index in [2.05, 4.69) is 0 Å². The van der Waals surface area contributed by atoms with Crippen molar-refractivity contribution in [2.24, 2.45) is 0 Å². The van der Waals surface area contributed by atoms with Gasteiger partial charge in [0.05, 0.1) is 6.10 Å². The van der Waals surface area contributed by atoms with Crippen molar-refractivity contribution in [1.82, 2.24) is 4.90 Å². The highest BCUT2D eigenvalue weighted by Crippen LogP contribution is 2.12. The Morgan fingerprint density at radius 1 is 1.75 bits per heavy atom. The average molecular weight is 173 g/mol. The van der Waals surface area contributed by atoms with Crippen LogP contribution in [-0.4, -0.2) is 48.3 Å². The molecule has 70 valence electrons. The zero-order chi connectivity index (χ0) is 9.14. The molecule has 1 unspecified atom stereocenters. The molecule has 0 aromatic heterocycles. The molecule has 12 heavy (non-hydrogen) atoms. The van der Waals surface area contributed by atoms with E-state index in [9.17, 15) is 4.79 Å². The van der Waals surface area contributed by atoms with Crippen LogP contribution in [0.4, 0.5) is 0 Å². The monoisotopic (exact) mass is 173 g/mol. The van der Waals surface area contributed by atoms with E-state index in [0.29, 0.717) is 13.1 Å². The Morgan fingerprint density at radius 2 is 2.42 bits per heavy atom. The summed E-state index contributed by atoms with van der Waals surface area (Å²) in [5, 5.41) is 9.01. The fraction of sp³-hybridized carbons (Fsp3) is 0.875. The molecule has 1 fully saturated rings. The number of likely N-dealkylation sites (tertiary alicyclic amines) is 1. The topological polar surface area (TPSA) is 49.8 Å². The Morgan fingerprint density at radius 3 is 2.83 bits per heavy atom. The maximum atomic E-state index is 11.2. The zero-order valence-electron chi connectivity index (χ0n) is 7.49. The van der Waals surface area contributed by atoms with Crippen LogP contribution in [0.5, 0.6) is 0 Å². The summed E-state index contributed by atoms with van der Waals surface area (Å²) in [7, 11) is 1.64. The van der Waals surface area contributed by atoms with Gasteiger partial charge in [-0.1, -0.05) is 0 Å². The van der Waals surface area contributed by atoms with Crippen LogP contribution in [-0.2, 0) is 9.53 Å². The molecule has 0 radical (unpaired) electrons. The van der Waals surface area contributed by atoms with E-state index in [1.807, 2.05) is 0 Å². The largest absolute Gasteiger partial charge is 0.384 e. The number of nitrogens with zero attached hydrogens (tertiary/aromatic N) is 1. The minimum Gasteiger partial charge on any atom is -0.384 e. The van der Waals surface area contributed by atoms with Crippen LogP contribution in [0.25, 0.3) is 0 Å². The van der Waals surface area contributed by atoms with Gasteiger partial charge in [-0.3, -0.25) is 4.79 Å². The van der Waals surface area contributed by atoms with E-state index in [0.717, 1.165) is 6.42 Å². The van der Waals surface area contributed by atoms with Crippen molar-refractivity contribution >= 4 is 5.91 Å². The third kappa shape index (κ3) is 1.95. The van der Waals surface area contributed by atoms with Gasteiger partial charge in [0.1, 0.15) is 6.10 Å². The normalized spacial score (nSPS) is 25.9. The first-order chi connectivity index (χ1) is 5.65. The molecule has 4 heteroatoms. The number of methoxy groups -OCH3 is 1. The summed E-state index contributed by atoms with van der Waals surface area (Å²) in [5.41, 5.74) is 0. The van der Waals surface area contributed by atoms with Gasteiger partial charge in [-0.2, -0.15) is 0 Å². The van der Waals surface area contributed by atoms with Crippen LogP contribution < -0.4 is 0 Å². The summed E-state index contributed by atoms with van der Waals surface area (Å²) in [6, 6.07) is 0. The van der Waals surface area contributed by atoms with E-state index in [1.54, 1.807) is 12.0 Å². The fourth-order valence-corrected chi connectivity index (χ4v) is 1.38. The van der Waals surface area contributed by atoms with E-state index in [-0.39, 0.29) is 12.0 Å². The Bertz CT molecular complexity index is 170. The predicted molar refractivity (Wildman–Crippen MR) is 43.7 cm³/mol. The third-order valence-electron chi connectivity index (χ3n) is 2.15. The van der Waals surface area contributed by atoms with Crippen LogP contribution in [0.1, 0.15) is 13.3 Å². The molecule has 2 atom stereocenters. The zero-order valence-corrected chi connectivity index (χ0v) is 7.49. The molecule has 1 aliphatic heterocycles. The van der Waals surface area contributed by atoms with Crippen LogP contribution in [0.3, 0.4) is 0 Å². The van der Waals surface area contributed by atoms with Gasteiger partial charge in [-0.15, -0.1) is 0 Å². The quantitative estimate of drug-likeness (QED) is 0.619. The number of aliphatic hydroxyl groups excluding tert-OH is 1. The second kappa shape index (κ2) is 3.87. The van der Waals surface area contributed by atoms with Gasteiger partial charge in [-0.05, 0) is 13.3 Å². The van der Waals surface area contributed by atoms with E-state index in [1.165, 1.54) is 6.92 Å². The fourth-order valence-electron chi connectivity index (χ4n) is 1.38. The Balaban J connectivity index is 2.41. The molecule has 1 rings (SSSR count). The number of amides is 1. The van der Waals surface area contributed by atoms with Crippen molar-refractivity contribution in [2.45, 2.75) is 25.6 Å². The van der Waals surface area contributed by atoms with Gasteiger partial charge in [0.2, 0.25) is 0 Å². The molecule has 0 spiro atoms. The maximum absolute atomic E-state index is 11.2. The van der Waals surface area contributed by atoms with Crippen LogP contribution in [0, 0.1) is 0 Å². The third-order valence-corrected chi connectivity index (χ3v) is 2.15. The lowest BCUT2D eigenvalue weighted by Crippen LogP contribution is -2.36. The summed E-state index contributed by atoms with van der Waals surface area (Å²) in [6.45, 7) is 2.80. The number of aliphatic hydroxyl groups is 1. The molecular weight excluding hydrogens is 158 g/mol. The molecule has 1 N–H and O–H groups in total. The molecular formula is C8H15NO3. The maximum Gasteiger partial charge on any atom is 0.251 e. The average Bonchev–Trinajstić information content (AvgIpc) is 2.50. The molecule has 0 aromatic carbocycles. The first-order valence-corrected chi connectivity index (χ1v) is 4.14. The number of rotatable bonds is 2. The first-order valence-electron chi connectivity index (χ1n) is 4.14. The lowest BCUT2D eigenvalue weighted by Gasteiger charge is -2.17. The van der Waals surface area contributed by atoms with Crippen molar-refractivity contribution in [2.75, 3.05) is 20.2 Å². The van der Waals surface area contributed by atoms with Crippen LogP contribution in [0.2, 0.25) is 0 Å². The summed E-state index contributed by atoms with van der Waals surface area (Å²) in [4.78, 5) is 12.9. The van der Waals surface area contributed by atoms with Gasteiger partial charge in [0.25, 0.3) is 5.91 Å². The van der Waals surface area contributed by atoms with Crippen molar-refractivity contribution in [1.29, 1.82) is 0 Å². The second-order valence-corrected chi connectivity index (χ2v) is 3.11. The summed E-state index contributed by atoms with van der Waals surface area (Å²) in [6.07, 6.45) is 0.128. The number of hydrogen-bond acceptors (Lipinski definition) is 3. The highest BCUT2D eigenvalue weighted by molar-refractivity contribution is 5.80. The summed E-state index contributed by atoms with van der Waals surface area (Å²) >= 11 is 0. The predicted octanol–water partition coefficient (Wildman–Crippen LogP) is -0.385. The molecule has 0 aliphatic carbocycles. The van der Waals surface area contributed by atoms with E-state index in [4.69, 9.17) is 9.84 Å². The number of hydrogen-bond donors (Lipinski definition) is 1. The minimum absolute atomic E-state index is 0.146. The van der Waals surface area contributed by atoms with Crippen molar-refractivity contribution < 1.29 is 14.6 Å². The van der Waals surface area contributed by atoms with Gasteiger partial charge >= 0.3 is 0 Å². The van der Waals surface area contributed by atoms with Gasteiger partial charge in [0.15, 0.2) is 0 Å². The second-order valence-electron chi connectivity index (χ2n) is 3.11. The number of carbonyl (C=O) groups is 1. The molecule has 0 bridgehead atoms. The lowest BCUT2D eigenvalue weighted by atomic mass is 10.3. The van der Waals surface area contributed by atoms with Gasteiger partial charge < -0.3 is 14.7 Å². The van der Waals surface area contributed by atoms with Crippen molar-refractivity contribution in [3.63, 3.8) is 0 Å². The molecule has 4 nitrogen and oxygen atoms in total. The molecule has 1 amide bonds. The highest BCUT2D eigenvalue weighted by Gasteiger charge is 2.27. The lowest BCUT2D eigenvalue weighted by molar-refractivity contribution is -0.138. The molecule has 1 aliphatic rings. The Hall–Kier alpha value is -0.610. The Kier molecular flexibility index (Phi) is 3.05. The number of ether oxygens (including phenoxy) is 1. The van der Waals surface area contributed by atoms with Gasteiger partial charge in [0, 0.05) is 20.2 Å². The summed E-state index contributed by atoms with van der Waals surface area (Å²) in [5.74, 6) is -0.199. The summed E-state index contributed by atoms with van der Waals surface area (Å²) < 4.78 is 5.10. The molecule has 1 heterocycles. The first kappa shape index (κ1) is 9.48. The molecule has 0 aromatic rings. The smallest absolute Gasteiger partial charge is 0.251 e. The molecule has 0 saturated carbocycles. The van der Waals surface area contributed by atoms with E-state index >= 15 is 0 Å². The SMILES string of the molecule is CO[C@H]1CCN(C(=O)C(C)O)C1.